The molecule has 202 valence electrons. The van der Waals surface area contributed by atoms with Gasteiger partial charge in [-0.1, -0.05) is 87.3 Å². The van der Waals surface area contributed by atoms with Gasteiger partial charge in [-0.05, 0) is 39.0 Å². The van der Waals surface area contributed by atoms with E-state index in [1.807, 2.05) is 13.0 Å². The summed E-state index contributed by atoms with van der Waals surface area (Å²) in [5, 5.41) is 2.60. The lowest BCUT2D eigenvalue weighted by atomic mass is 10.0. The van der Waals surface area contributed by atoms with E-state index >= 15 is 0 Å². The molecular formula is C26H46NO7P. The molecule has 35 heavy (non-hydrogen) atoms. The fourth-order valence-corrected chi connectivity index (χ4v) is 4.92. The molecule has 1 aliphatic heterocycles. The fourth-order valence-electron chi connectivity index (χ4n) is 3.99. The lowest BCUT2D eigenvalue weighted by molar-refractivity contribution is -0.150. The lowest BCUT2D eigenvalue weighted by Gasteiger charge is -2.21. The van der Waals surface area contributed by atoms with E-state index < -0.39 is 19.9 Å². The minimum absolute atomic E-state index is 0.126. The molecule has 1 rings (SSSR count). The molecule has 1 N–H and O–H groups in total. The topological polar surface area (TPSA) is 111 Å². The quantitative estimate of drug-likeness (QED) is 0.128. The summed E-state index contributed by atoms with van der Waals surface area (Å²) < 4.78 is 27.8. The van der Waals surface area contributed by atoms with Gasteiger partial charge in [0.25, 0.3) is 0 Å². The largest absolute Gasteiger partial charge is 0.472 e. The van der Waals surface area contributed by atoms with Gasteiger partial charge in [-0.25, -0.2) is 4.57 Å². The number of carbonyl (C=O) groups is 1. The minimum atomic E-state index is -4.40. The van der Waals surface area contributed by atoms with E-state index in [4.69, 9.17) is 13.8 Å². The molecule has 0 radical (unpaired) electrons. The van der Waals surface area contributed by atoms with Gasteiger partial charge in [0, 0.05) is 6.42 Å². The van der Waals surface area contributed by atoms with Crippen molar-refractivity contribution in [2.24, 2.45) is 5.18 Å². The van der Waals surface area contributed by atoms with Gasteiger partial charge in [-0.3, -0.25) is 13.8 Å². The van der Waals surface area contributed by atoms with Crippen molar-refractivity contribution < 1.29 is 28.0 Å². The van der Waals surface area contributed by atoms with E-state index in [1.165, 1.54) is 44.9 Å². The predicted octanol–water partition coefficient (Wildman–Crippen LogP) is 7.55. The third-order valence-corrected chi connectivity index (χ3v) is 6.97. The molecule has 0 amide bonds. The highest BCUT2D eigenvalue weighted by Gasteiger charge is 2.28. The molecule has 9 heteroatoms. The Morgan fingerprint density at radius 3 is 2.17 bits per heavy atom. The van der Waals surface area contributed by atoms with E-state index in [2.05, 4.69) is 23.4 Å². The van der Waals surface area contributed by atoms with Gasteiger partial charge < -0.3 is 9.63 Å². The SMILES string of the molecule is C[C@H]1C/C=C/CC/C=C/CCCCCCCCCCCC[C@@H](OP(=O)(O)OCCN=O)CC(=O)O1. The monoisotopic (exact) mass is 515 g/mol. The summed E-state index contributed by atoms with van der Waals surface area (Å²) in [5.41, 5.74) is 0. The Hall–Kier alpha value is -1.34. The fraction of sp³-hybridized carbons (Fsp3) is 0.808. The molecule has 1 heterocycles. The van der Waals surface area contributed by atoms with Crippen LogP contribution < -0.4 is 0 Å². The van der Waals surface area contributed by atoms with Gasteiger partial charge in [-0.15, -0.1) is 0 Å². The average molecular weight is 516 g/mol. The first-order valence-electron chi connectivity index (χ1n) is 13.4. The van der Waals surface area contributed by atoms with Gasteiger partial charge >= 0.3 is 13.8 Å². The molecule has 1 unspecified atom stereocenters. The molecular weight excluding hydrogens is 469 g/mol. The maximum atomic E-state index is 12.5. The summed E-state index contributed by atoms with van der Waals surface area (Å²) in [4.78, 5) is 32.6. The lowest BCUT2D eigenvalue weighted by Crippen LogP contribution is -2.22. The number of nitroso groups, excluding NO2 is 1. The summed E-state index contributed by atoms with van der Waals surface area (Å²) in [6, 6.07) is 0. The minimum Gasteiger partial charge on any atom is -0.462 e. The van der Waals surface area contributed by atoms with Gasteiger partial charge in [-0.2, -0.15) is 4.91 Å². The molecule has 0 saturated heterocycles. The van der Waals surface area contributed by atoms with Crippen LogP contribution in [-0.2, 0) is 23.1 Å². The van der Waals surface area contributed by atoms with Crippen LogP contribution in [0.1, 0.15) is 110 Å². The molecule has 0 aromatic rings. The second kappa shape index (κ2) is 20.8. The normalized spacial score (nSPS) is 27.0. The van der Waals surface area contributed by atoms with Gasteiger partial charge in [0.2, 0.25) is 0 Å². The van der Waals surface area contributed by atoms with Crippen LogP contribution in [0.25, 0.3) is 0 Å². The van der Waals surface area contributed by atoms with Crippen LogP contribution in [0.5, 0.6) is 0 Å². The number of allylic oxidation sites excluding steroid dienone is 3. The zero-order valence-corrected chi connectivity index (χ0v) is 22.4. The van der Waals surface area contributed by atoms with Crippen LogP contribution in [0.15, 0.2) is 29.5 Å². The first-order valence-corrected chi connectivity index (χ1v) is 14.9. The van der Waals surface area contributed by atoms with Crippen molar-refractivity contribution >= 4 is 13.8 Å². The third-order valence-electron chi connectivity index (χ3n) is 5.89. The van der Waals surface area contributed by atoms with Crippen LogP contribution in [0.3, 0.4) is 0 Å². The number of rotatable bonds is 6. The molecule has 0 aromatic carbocycles. The number of phosphoric acid groups is 1. The molecule has 0 spiro atoms. The Bertz CT molecular complexity index is 668. The zero-order valence-electron chi connectivity index (χ0n) is 21.5. The number of hydrogen-bond donors (Lipinski definition) is 1. The number of nitrogens with zero attached hydrogens (tertiary/aromatic N) is 1. The van der Waals surface area contributed by atoms with Crippen molar-refractivity contribution in [2.75, 3.05) is 13.2 Å². The van der Waals surface area contributed by atoms with Crippen molar-refractivity contribution in [3.8, 4) is 0 Å². The Kier molecular flexibility index (Phi) is 18.8. The second-order valence-corrected chi connectivity index (χ2v) is 10.7. The number of cyclic esters (lactones) is 1. The highest BCUT2D eigenvalue weighted by molar-refractivity contribution is 7.47. The maximum absolute atomic E-state index is 12.5. The van der Waals surface area contributed by atoms with Crippen molar-refractivity contribution in [3.63, 3.8) is 0 Å². The Morgan fingerprint density at radius 1 is 0.943 bits per heavy atom. The standard InChI is InChI=1S/C26H46NO7P/c1-24-19-17-15-13-11-9-7-5-3-2-4-6-8-10-12-14-16-18-20-25(23-26(28)33-24)34-35(30,31)32-22-21-27-29/h7,9,15,17,24-25H,2-6,8,10-14,16,18-23H2,1H3,(H,30,31)/b9-7+,17-15+/t24-,25+/m0/s1. The highest BCUT2D eigenvalue weighted by Crippen LogP contribution is 2.45. The van der Waals surface area contributed by atoms with Gasteiger partial charge in [0.05, 0.1) is 19.1 Å². The molecule has 0 fully saturated rings. The first-order chi connectivity index (χ1) is 16.9. The second-order valence-electron chi connectivity index (χ2n) is 9.26. The van der Waals surface area contributed by atoms with Crippen LogP contribution >= 0.6 is 7.82 Å². The summed E-state index contributed by atoms with van der Waals surface area (Å²) in [6.45, 7) is 1.27. The summed E-state index contributed by atoms with van der Waals surface area (Å²) >= 11 is 0. The van der Waals surface area contributed by atoms with Crippen molar-refractivity contribution in [1.82, 2.24) is 0 Å². The Labute approximate surface area is 211 Å². The third kappa shape index (κ3) is 19.5. The number of esters is 1. The van der Waals surface area contributed by atoms with Crippen molar-refractivity contribution in [2.45, 2.75) is 122 Å². The van der Waals surface area contributed by atoms with E-state index in [-0.39, 0.29) is 25.7 Å². The first kappa shape index (κ1) is 31.7. The molecule has 3 atom stereocenters. The van der Waals surface area contributed by atoms with Gasteiger partial charge in [0.1, 0.15) is 12.6 Å². The Balaban J connectivity index is 2.63. The summed E-state index contributed by atoms with van der Waals surface area (Å²) in [7, 11) is -4.40. The number of hydrogen-bond acceptors (Lipinski definition) is 7. The van der Waals surface area contributed by atoms with Crippen LogP contribution in [-0.4, -0.2) is 36.2 Å². The van der Waals surface area contributed by atoms with E-state index in [0.717, 1.165) is 38.5 Å². The maximum Gasteiger partial charge on any atom is 0.472 e. The number of carbonyl (C=O) groups excluding carboxylic acids is 1. The van der Waals surface area contributed by atoms with Crippen LogP contribution in [0.4, 0.5) is 0 Å². The predicted molar refractivity (Wildman–Crippen MR) is 139 cm³/mol. The van der Waals surface area contributed by atoms with Crippen molar-refractivity contribution in [3.05, 3.63) is 29.2 Å². The molecule has 0 aliphatic carbocycles. The van der Waals surface area contributed by atoms with E-state index in [0.29, 0.717) is 12.8 Å². The summed E-state index contributed by atoms with van der Waals surface area (Å²) in [5.74, 6) is -0.470. The van der Waals surface area contributed by atoms with Crippen molar-refractivity contribution in [1.29, 1.82) is 0 Å². The smallest absolute Gasteiger partial charge is 0.462 e. The summed E-state index contributed by atoms with van der Waals surface area (Å²) in [6.07, 6.45) is 23.3. The highest BCUT2D eigenvalue weighted by atomic mass is 31.2. The average Bonchev–Trinajstić information content (AvgIpc) is 2.79. The number of phosphoric ester groups is 1. The Morgan fingerprint density at radius 2 is 1.51 bits per heavy atom. The molecule has 0 saturated carbocycles. The molecule has 0 bridgehead atoms. The van der Waals surface area contributed by atoms with E-state index in [9.17, 15) is 19.2 Å². The van der Waals surface area contributed by atoms with E-state index in [1.54, 1.807) is 0 Å². The zero-order chi connectivity index (χ0) is 25.6. The van der Waals surface area contributed by atoms with Crippen LogP contribution in [0.2, 0.25) is 0 Å². The molecule has 8 nitrogen and oxygen atoms in total. The molecule has 1 aliphatic rings. The number of ether oxygens (including phenoxy) is 1. The van der Waals surface area contributed by atoms with Gasteiger partial charge in [0.15, 0.2) is 0 Å². The molecule has 0 aromatic heterocycles. The van der Waals surface area contributed by atoms with Crippen LogP contribution in [0, 0.1) is 4.91 Å².